The molecule has 0 bridgehead atoms. The molecule has 2 aromatic rings. The van der Waals surface area contributed by atoms with Gasteiger partial charge >= 0.3 is 0 Å². The predicted octanol–water partition coefficient (Wildman–Crippen LogP) is 1.54. The molecule has 2 heterocycles. The molecule has 7 nitrogen and oxygen atoms in total. The second-order valence-electron chi connectivity index (χ2n) is 6.82. The van der Waals surface area contributed by atoms with Crippen LogP contribution in [0.2, 0.25) is 0 Å². The second kappa shape index (κ2) is 9.73. The lowest BCUT2D eigenvalue weighted by Crippen LogP contribution is -2.50. The Bertz CT molecular complexity index is 885. The van der Waals surface area contributed by atoms with Gasteiger partial charge < -0.3 is 15.2 Å². The highest BCUT2D eigenvalue weighted by atomic mass is 35.5. The number of benzene rings is 1. The Morgan fingerprint density at radius 3 is 2.70 bits per heavy atom. The summed E-state index contributed by atoms with van der Waals surface area (Å²) in [4.78, 5) is 17.0. The number of hydrogen-bond acceptors (Lipinski definition) is 5. The molecule has 2 N–H and O–H groups in total. The first-order chi connectivity index (χ1) is 11.8. The maximum absolute atomic E-state index is 12.5. The average Bonchev–Trinajstić information content (AvgIpc) is 2.85. The molecular formula is C17H26Cl2N4O3S. The summed E-state index contributed by atoms with van der Waals surface area (Å²) in [6.45, 7) is 3.92. The van der Waals surface area contributed by atoms with Gasteiger partial charge in [0.1, 0.15) is 18.1 Å². The molecule has 0 spiro atoms. The number of aromatic nitrogens is 2. The second-order valence-corrected chi connectivity index (χ2v) is 8.96. The van der Waals surface area contributed by atoms with Gasteiger partial charge in [-0.1, -0.05) is 19.1 Å². The molecule has 27 heavy (non-hydrogen) atoms. The molecule has 0 aliphatic carbocycles. The Kier molecular flexibility index (Phi) is 8.53. The molecule has 10 heteroatoms. The zero-order valence-electron chi connectivity index (χ0n) is 15.3. The van der Waals surface area contributed by atoms with Crippen LogP contribution in [0.1, 0.15) is 19.2 Å². The fourth-order valence-electron chi connectivity index (χ4n) is 3.23. The van der Waals surface area contributed by atoms with Gasteiger partial charge in [0.2, 0.25) is 5.91 Å². The maximum Gasteiger partial charge on any atom is 0.240 e. The van der Waals surface area contributed by atoms with Crippen molar-refractivity contribution >= 4 is 51.6 Å². The van der Waals surface area contributed by atoms with Gasteiger partial charge in [-0.05, 0) is 31.0 Å². The van der Waals surface area contributed by atoms with Crippen LogP contribution >= 0.6 is 24.8 Å². The van der Waals surface area contributed by atoms with Gasteiger partial charge in [0, 0.05) is 18.8 Å². The van der Waals surface area contributed by atoms with Crippen LogP contribution in [0.5, 0.6) is 0 Å². The Morgan fingerprint density at radius 2 is 2.04 bits per heavy atom. The Balaban J connectivity index is 0.00000182. The average molecular weight is 437 g/mol. The van der Waals surface area contributed by atoms with E-state index in [9.17, 15) is 13.2 Å². The van der Waals surface area contributed by atoms with Crippen LogP contribution in [-0.4, -0.2) is 49.3 Å². The highest BCUT2D eigenvalue weighted by molar-refractivity contribution is 7.89. The minimum Gasteiger partial charge on any atom is -0.350 e. The van der Waals surface area contributed by atoms with Crippen LogP contribution in [0.15, 0.2) is 24.3 Å². The highest BCUT2D eigenvalue weighted by Gasteiger charge is 2.24. The van der Waals surface area contributed by atoms with E-state index in [4.69, 9.17) is 0 Å². The fraction of sp³-hybridized carbons (Fsp3) is 0.529. The van der Waals surface area contributed by atoms with Crippen molar-refractivity contribution in [2.45, 2.75) is 31.7 Å². The third-order valence-corrected chi connectivity index (χ3v) is 5.38. The third-order valence-electron chi connectivity index (χ3n) is 4.60. The number of rotatable bonds is 5. The minimum atomic E-state index is -3.24. The number of hydrogen-bond donors (Lipinski definition) is 2. The highest BCUT2D eigenvalue weighted by Crippen LogP contribution is 2.18. The van der Waals surface area contributed by atoms with E-state index in [0.717, 1.165) is 25.0 Å². The molecule has 0 radical (unpaired) electrons. The van der Waals surface area contributed by atoms with Crippen molar-refractivity contribution in [2.24, 2.45) is 5.92 Å². The molecule has 2 unspecified atom stereocenters. The van der Waals surface area contributed by atoms with E-state index < -0.39 is 9.84 Å². The lowest BCUT2D eigenvalue weighted by atomic mass is 9.95. The number of piperidine rings is 1. The van der Waals surface area contributed by atoms with Crippen molar-refractivity contribution in [1.82, 2.24) is 20.2 Å². The number of nitrogens with zero attached hydrogens (tertiary/aromatic N) is 2. The van der Waals surface area contributed by atoms with E-state index in [0.29, 0.717) is 17.3 Å². The normalized spacial score (nSPS) is 19.8. The molecule has 1 aromatic carbocycles. The van der Waals surface area contributed by atoms with Gasteiger partial charge in [-0.2, -0.15) is 0 Å². The lowest BCUT2D eigenvalue weighted by Gasteiger charge is -2.30. The summed E-state index contributed by atoms with van der Waals surface area (Å²) in [7, 11) is -3.24. The monoisotopic (exact) mass is 436 g/mol. The fourth-order valence-corrected chi connectivity index (χ4v) is 3.91. The molecule has 2 atom stereocenters. The molecule has 152 valence electrons. The molecule has 1 aliphatic rings. The van der Waals surface area contributed by atoms with Crippen LogP contribution in [0.25, 0.3) is 11.0 Å². The number of fused-ring (bicyclic) bond motifs is 1. The Hall–Kier alpha value is -1.35. The molecule has 1 fully saturated rings. The first-order valence-electron chi connectivity index (χ1n) is 8.45. The summed E-state index contributed by atoms with van der Waals surface area (Å²) < 4.78 is 25.1. The zero-order valence-corrected chi connectivity index (χ0v) is 17.8. The first kappa shape index (κ1) is 23.7. The number of carbonyl (C=O) groups is 1. The summed E-state index contributed by atoms with van der Waals surface area (Å²) in [6.07, 6.45) is 2.20. The third kappa shape index (κ3) is 6.07. The van der Waals surface area contributed by atoms with E-state index in [1.807, 2.05) is 24.3 Å². The molecule has 1 aliphatic heterocycles. The van der Waals surface area contributed by atoms with E-state index in [2.05, 4.69) is 22.5 Å². The molecule has 1 saturated heterocycles. The smallest absolute Gasteiger partial charge is 0.240 e. The first-order valence-corrected chi connectivity index (χ1v) is 10.5. The van der Waals surface area contributed by atoms with Crippen molar-refractivity contribution in [1.29, 1.82) is 0 Å². The quantitative estimate of drug-likeness (QED) is 0.741. The van der Waals surface area contributed by atoms with Crippen LogP contribution in [0.3, 0.4) is 0 Å². The number of sulfone groups is 1. The van der Waals surface area contributed by atoms with Crippen LogP contribution in [0, 0.1) is 5.92 Å². The Labute approximate surface area is 172 Å². The summed E-state index contributed by atoms with van der Waals surface area (Å²) >= 11 is 0. The summed E-state index contributed by atoms with van der Waals surface area (Å²) in [5.41, 5.74) is 1.47. The number of nitrogens with one attached hydrogen (secondary N) is 2. The Morgan fingerprint density at radius 1 is 1.33 bits per heavy atom. The van der Waals surface area contributed by atoms with Gasteiger partial charge in [-0.15, -0.1) is 24.8 Å². The predicted molar refractivity (Wildman–Crippen MR) is 111 cm³/mol. The van der Waals surface area contributed by atoms with Crippen molar-refractivity contribution < 1.29 is 13.2 Å². The van der Waals surface area contributed by atoms with E-state index in [1.54, 1.807) is 4.57 Å². The van der Waals surface area contributed by atoms with Gasteiger partial charge in [-0.25, -0.2) is 13.4 Å². The van der Waals surface area contributed by atoms with Crippen molar-refractivity contribution in [3.8, 4) is 0 Å². The minimum absolute atomic E-state index is 0. The van der Waals surface area contributed by atoms with Crippen molar-refractivity contribution in [3.63, 3.8) is 0 Å². The molecule has 3 rings (SSSR count). The number of para-hydroxylation sites is 2. The van der Waals surface area contributed by atoms with E-state index in [-0.39, 0.29) is 49.1 Å². The van der Waals surface area contributed by atoms with Crippen molar-refractivity contribution in [3.05, 3.63) is 30.1 Å². The van der Waals surface area contributed by atoms with E-state index in [1.165, 1.54) is 6.26 Å². The van der Waals surface area contributed by atoms with Crippen LogP contribution in [0.4, 0.5) is 0 Å². The number of imidazole rings is 1. The summed E-state index contributed by atoms with van der Waals surface area (Å²) in [6, 6.07) is 7.47. The summed E-state index contributed by atoms with van der Waals surface area (Å²) in [5, 5.41) is 6.35. The number of halogens is 2. The number of amides is 1. The van der Waals surface area contributed by atoms with Crippen molar-refractivity contribution in [2.75, 3.05) is 19.3 Å². The van der Waals surface area contributed by atoms with Gasteiger partial charge in [-0.3, -0.25) is 4.79 Å². The molecule has 1 amide bonds. The lowest BCUT2D eigenvalue weighted by molar-refractivity contribution is -0.122. The molecular weight excluding hydrogens is 411 g/mol. The van der Waals surface area contributed by atoms with Crippen LogP contribution in [-0.2, 0) is 26.9 Å². The molecule has 0 saturated carbocycles. The SMILES string of the molecule is CC1CCNCC1NC(=O)Cn1c(CS(C)(=O)=O)nc2ccccc21.Cl.Cl. The van der Waals surface area contributed by atoms with E-state index >= 15 is 0 Å². The maximum atomic E-state index is 12.5. The number of carbonyl (C=O) groups excluding carboxylic acids is 1. The topological polar surface area (TPSA) is 93.1 Å². The van der Waals surface area contributed by atoms with Crippen LogP contribution < -0.4 is 10.6 Å². The van der Waals surface area contributed by atoms with Gasteiger partial charge in [0.25, 0.3) is 0 Å². The molecule has 1 aromatic heterocycles. The zero-order chi connectivity index (χ0) is 18.0. The van der Waals surface area contributed by atoms with Gasteiger partial charge in [0.15, 0.2) is 9.84 Å². The standard InChI is InChI=1S/C17H24N4O3S.2ClH/c1-12-7-8-18-9-14(12)20-17(22)10-21-15-6-4-3-5-13(15)19-16(21)11-25(2,23)24;;/h3-6,12,14,18H,7-11H2,1-2H3,(H,20,22);2*1H. The summed E-state index contributed by atoms with van der Waals surface area (Å²) in [5.74, 6) is 0.503. The van der Waals surface area contributed by atoms with Gasteiger partial charge in [0.05, 0.1) is 11.0 Å². The largest absolute Gasteiger partial charge is 0.350 e.